The first kappa shape index (κ1) is 23.4. The van der Waals surface area contributed by atoms with Crippen molar-refractivity contribution in [2.24, 2.45) is 5.10 Å². The number of benzene rings is 3. The Morgan fingerprint density at radius 3 is 2.65 bits per heavy atom. The summed E-state index contributed by atoms with van der Waals surface area (Å²) in [4.78, 5) is 12.5. The van der Waals surface area contributed by atoms with Crippen LogP contribution in [0.1, 0.15) is 28.6 Å². The number of rotatable bonds is 9. The molecule has 174 valence electrons. The number of hydrogen-bond donors (Lipinski definition) is 1. The van der Waals surface area contributed by atoms with Crippen LogP contribution < -0.4 is 19.6 Å². The highest BCUT2D eigenvalue weighted by atomic mass is 79.9. The third-order valence-corrected chi connectivity index (χ3v) is 5.60. The van der Waals surface area contributed by atoms with Crippen LogP contribution in [0.4, 0.5) is 0 Å². The molecule has 1 aromatic heterocycles. The van der Waals surface area contributed by atoms with Gasteiger partial charge in [0.1, 0.15) is 17.9 Å². The number of nitrogens with one attached hydrogen (secondary N) is 1. The smallest absolute Gasteiger partial charge is 0.307 e. The molecule has 4 aromatic rings. The van der Waals surface area contributed by atoms with Gasteiger partial charge in [-0.2, -0.15) is 5.10 Å². The summed E-state index contributed by atoms with van der Waals surface area (Å²) < 4.78 is 23.2. The molecule has 1 heterocycles. The topological polar surface area (TPSA) is 82.3 Å². The van der Waals surface area contributed by atoms with Crippen LogP contribution in [0, 0.1) is 0 Å². The number of hydrazone groups is 1. The molecule has 0 aliphatic heterocycles. The number of methoxy groups -OCH3 is 1. The zero-order valence-corrected chi connectivity index (χ0v) is 20.3. The molecule has 7 nitrogen and oxygen atoms in total. The maximum Gasteiger partial charge on any atom is 0.307 e. The molecule has 0 fully saturated rings. The van der Waals surface area contributed by atoms with Gasteiger partial charge >= 0.3 is 5.91 Å². The van der Waals surface area contributed by atoms with Crippen LogP contribution >= 0.6 is 15.9 Å². The first-order valence-electron chi connectivity index (χ1n) is 10.6. The lowest BCUT2D eigenvalue weighted by molar-refractivity contribution is 0.0929. The summed E-state index contributed by atoms with van der Waals surface area (Å²) in [5.41, 5.74) is 4.83. The van der Waals surface area contributed by atoms with Gasteiger partial charge in [0.15, 0.2) is 17.3 Å². The lowest BCUT2D eigenvalue weighted by atomic mass is 10.2. The van der Waals surface area contributed by atoms with Crippen LogP contribution in [0.5, 0.6) is 17.2 Å². The molecule has 0 aliphatic rings. The summed E-state index contributed by atoms with van der Waals surface area (Å²) in [6.45, 7) is 2.89. The number of furan rings is 1. The highest BCUT2D eigenvalue weighted by Gasteiger charge is 2.13. The third-order valence-electron chi connectivity index (χ3n) is 4.91. The van der Waals surface area contributed by atoms with Crippen molar-refractivity contribution in [2.75, 3.05) is 13.7 Å². The molecule has 1 N–H and O–H groups in total. The Labute approximate surface area is 205 Å². The van der Waals surface area contributed by atoms with Gasteiger partial charge in [-0.15, -0.1) is 0 Å². The van der Waals surface area contributed by atoms with E-state index in [2.05, 4.69) is 26.5 Å². The average Bonchev–Trinajstić information content (AvgIpc) is 3.28. The lowest BCUT2D eigenvalue weighted by Gasteiger charge is -2.12. The molecular weight excluding hydrogens is 500 g/mol. The molecule has 8 heteroatoms. The number of carbonyl (C=O) groups excluding carboxylic acids is 1. The number of halogens is 1. The second kappa shape index (κ2) is 10.9. The number of carbonyl (C=O) groups is 1. The Balaban J connectivity index is 1.43. The number of nitrogens with zero attached hydrogens (tertiary/aromatic N) is 1. The quantitative estimate of drug-likeness (QED) is 0.217. The maximum atomic E-state index is 12.5. The normalized spacial score (nSPS) is 11.0. The lowest BCUT2D eigenvalue weighted by Crippen LogP contribution is -2.16. The summed E-state index contributed by atoms with van der Waals surface area (Å²) in [5, 5.41) is 4.84. The molecule has 0 spiro atoms. The van der Waals surface area contributed by atoms with Crippen molar-refractivity contribution in [2.45, 2.75) is 13.5 Å². The van der Waals surface area contributed by atoms with E-state index < -0.39 is 5.91 Å². The Kier molecular flexibility index (Phi) is 7.49. The molecule has 4 rings (SSSR count). The number of amides is 1. The van der Waals surface area contributed by atoms with E-state index in [1.807, 2.05) is 43.3 Å². The Morgan fingerprint density at radius 1 is 1.06 bits per heavy atom. The van der Waals surface area contributed by atoms with Crippen molar-refractivity contribution < 1.29 is 23.4 Å². The average molecular weight is 523 g/mol. The summed E-state index contributed by atoms with van der Waals surface area (Å²) in [6, 6.07) is 20.5. The van der Waals surface area contributed by atoms with Crippen LogP contribution in [-0.2, 0) is 6.61 Å². The molecule has 0 bridgehead atoms. The van der Waals surface area contributed by atoms with Gasteiger partial charge in [0, 0.05) is 15.4 Å². The number of ether oxygens (including phenoxy) is 3. The number of hydrogen-bond acceptors (Lipinski definition) is 6. The molecule has 0 atom stereocenters. The van der Waals surface area contributed by atoms with E-state index in [9.17, 15) is 4.79 Å². The minimum atomic E-state index is -0.462. The van der Waals surface area contributed by atoms with Crippen molar-refractivity contribution in [1.82, 2.24) is 5.43 Å². The third kappa shape index (κ3) is 5.58. The SMILES string of the molecule is CCOc1ccc2oc(C(=O)N/N=C/c3cc(OC)c(OCc4ccccc4)cc3Br)cc2c1. The Bertz CT molecular complexity index is 1320. The first-order valence-corrected chi connectivity index (χ1v) is 11.4. The molecule has 0 saturated heterocycles. The fourth-order valence-corrected chi connectivity index (χ4v) is 3.69. The molecule has 34 heavy (non-hydrogen) atoms. The van der Waals surface area contributed by atoms with Crippen LogP contribution in [0.15, 0.2) is 80.7 Å². The van der Waals surface area contributed by atoms with E-state index in [4.69, 9.17) is 18.6 Å². The zero-order valence-electron chi connectivity index (χ0n) is 18.7. The van der Waals surface area contributed by atoms with Crippen molar-refractivity contribution in [3.05, 3.63) is 88.1 Å². The van der Waals surface area contributed by atoms with E-state index in [1.54, 1.807) is 37.4 Å². The molecule has 0 aliphatic carbocycles. The second-order valence-electron chi connectivity index (χ2n) is 7.24. The van der Waals surface area contributed by atoms with E-state index in [1.165, 1.54) is 6.21 Å². The van der Waals surface area contributed by atoms with Crippen LogP contribution in [0.25, 0.3) is 11.0 Å². The summed E-state index contributed by atoms with van der Waals surface area (Å²) >= 11 is 3.52. The minimum Gasteiger partial charge on any atom is -0.494 e. The van der Waals surface area contributed by atoms with E-state index in [0.29, 0.717) is 35.9 Å². The molecule has 3 aromatic carbocycles. The highest BCUT2D eigenvalue weighted by Crippen LogP contribution is 2.33. The monoisotopic (exact) mass is 522 g/mol. The van der Waals surface area contributed by atoms with Crippen LogP contribution in [0.2, 0.25) is 0 Å². The van der Waals surface area contributed by atoms with Crippen LogP contribution in [-0.4, -0.2) is 25.8 Å². The van der Waals surface area contributed by atoms with Crippen LogP contribution in [0.3, 0.4) is 0 Å². The molecule has 1 amide bonds. The van der Waals surface area contributed by atoms with Crippen molar-refractivity contribution in [1.29, 1.82) is 0 Å². The molecular formula is C26H23BrN2O5. The largest absolute Gasteiger partial charge is 0.494 e. The van der Waals surface area contributed by atoms with E-state index in [0.717, 1.165) is 21.2 Å². The fraction of sp³-hybridized carbons (Fsp3) is 0.154. The van der Waals surface area contributed by atoms with E-state index >= 15 is 0 Å². The van der Waals surface area contributed by atoms with Gasteiger partial charge in [0.05, 0.1) is 19.9 Å². The summed E-state index contributed by atoms with van der Waals surface area (Å²) in [6.07, 6.45) is 1.52. The summed E-state index contributed by atoms with van der Waals surface area (Å²) in [7, 11) is 1.57. The Hall–Kier alpha value is -3.78. The van der Waals surface area contributed by atoms with E-state index in [-0.39, 0.29) is 5.76 Å². The first-order chi connectivity index (χ1) is 16.6. The Morgan fingerprint density at radius 2 is 1.88 bits per heavy atom. The van der Waals surface area contributed by atoms with Crippen molar-refractivity contribution in [3.8, 4) is 17.2 Å². The van der Waals surface area contributed by atoms with Crippen molar-refractivity contribution in [3.63, 3.8) is 0 Å². The maximum absolute atomic E-state index is 12.5. The summed E-state index contributed by atoms with van der Waals surface area (Å²) in [5.74, 6) is 1.55. The standard InChI is InChI=1S/C26H23BrN2O5/c1-3-32-20-9-10-22-18(11-20)12-25(34-22)26(30)29-28-15-19-13-23(31-2)24(14-21(19)27)33-16-17-7-5-4-6-8-17/h4-15H,3,16H2,1-2H3,(H,29,30)/b28-15+. The second-order valence-corrected chi connectivity index (χ2v) is 8.10. The predicted molar refractivity (Wildman–Crippen MR) is 134 cm³/mol. The van der Waals surface area contributed by atoms with Gasteiger partial charge in [-0.25, -0.2) is 5.43 Å². The van der Waals surface area contributed by atoms with Gasteiger partial charge < -0.3 is 18.6 Å². The molecule has 0 radical (unpaired) electrons. The predicted octanol–water partition coefficient (Wildman–Crippen LogP) is 5.95. The zero-order chi connectivity index (χ0) is 23.9. The molecule has 0 unspecified atom stereocenters. The number of fused-ring (bicyclic) bond motifs is 1. The van der Waals surface area contributed by atoms with Gasteiger partial charge in [-0.1, -0.05) is 30.3 Å². The minimum absolute atomic E-state index is 0.155. The van der Waals surface area contributed by atoms with Gasteiger partial charge in [0.25, 0.3) is 0 Å². The van der Waals surface area contributed by atoms with Gasteiger partial charge in [-0.05, 0) is 64.8 Å². The molecule has 0 saturated carbocycles. The van der Waals surface area contributed by atoms with Crippen molar-refractivity contribution >= 4 is 39.0 Å². The highest BCUT2D eigenvalue weighted by molar-refractivity contribution is 9.10. The van der Waals surface area contributed by atoms with Gasteiger partial charge in [-0.3, -0.25) is 4.79 Å². The fourth-order valence-electron chi connectivity index (χ4n) is 3.26. The van der Waals surface area contributed by atoms with Gasteiger partial charge in [0.2, 0.25) is 0 Å².